The second-order valence-corrected chi connectivity index (χ2v) is 4.34. The number of rotatable bonds is 4. The lowest BCUT2D eigenvalue weighted by Crippen LogP contribution is -2.23. The van der Waals surface area contributed by atoms with Crippen molar-refractivity contribution in [3.05, 3.63) is 65.0 Å². The fourth-order valence-electron chi connectivity index (χ4n) is 2.11. The third kappa shape index (κ3) is 2.96. The van der Waals surface area contributed by atoms with E-state index in [9.17, 15) is 8.78 Å². The zero-order valence-electron chi connectivity index (χ0n) is 11.0. The molecule has 0 saturated heterocycles. The maximum atomic E-state index is 13.4. The second kappa shape index (κ2) is 5.89. The van der Waals surface area contributed by atoms with Crippen LogP contribution in [0, 0.1) is 18.6 Å². The molecule has 2 nitrogen and oxygen atoms in total. The summed E-state index contributed by atoms with van der Waals surface area (Å²) in [6.45, 7) is 4.59. The Kier molecular flexibility index (Phi) is 4.22. The van der Waals surface area contributed by atoms with E-state index in [1.807, 2.05) is 26.0 Å². The summed E-state index contributed by atoms with van der Waals surface area (Å²) in [5.74, 6) is -1.66. The van der Waals surface area contributed by atoms with Crippen LogP contribution in [0.15, 0.2) is 36.5 Å². The first-order valence-corrected chi connectivity index (χ1v) is 6.23. The van der Waals surface area contributed by atoms with Crippen LogP contribution in [-0.2, 0) is 0 Å². The van der Waals surface area contributed by atoms with Crippen molar-refractivity contribution < 1.29 is 8.78 Å². The van der Waals surface area contributed by atoms with Gasteiger partial charge in [0, 0.05) is 11.9 Å². The van der Waals surface area contributed by atoms with Crippen LogP contribution in [0.25, 0.3) is 0 Å². The lowest BCUT2D eigenvalue weighted by atomic mass is 9.97. The molecule has 0 amide bonds. The highest BCUT2D eigenvalue weighted by molar-refractivity contribution is 5.34. The van der Waals surface area contributed by atoms with Crippen molar-refractivity contribution >= 4 is 0 Å². The average Bonchev–Trinajstić information content (AvgIpc) is 2.40. The molecule has 0 fully saturated rings. The zero-order chi connectivity index (χ0) is 13.8. The Labute approximate surface area is 111 Å². The van der Waals surface area contributed by atoms with Gasteiger partial charge in [-0.25, -0.2) is 8.78 Å². The molecule has 1 heterocycles. The van der Waals surface area contributed by atoms with E-state index in [0.717, 1.165) is 23.9 Å². The van der Waals surface area contributed by atoms with E-state index in [-0.39, 0.29) is 6.04 Å². The number of hydrogen-bond acceptors (Lipinski definition) is 2. The zero-order valence-corrected chi connectivity index (χ0v) is 11.0. The molecular weight excluding hydrogens is 246 g/mol. The van der Waals surface area contributed by atoms with Crippen molar-refractivity contribution in [1.29, 1.82) is 0 Å². The number of nitrogens with one attached hydrogen (secondary N) is 1. The Morgan fingerprint density at radius 2 is 2.00 bits per heavy atom. The summed E-state index contributed by atoms with van der Waals surface area (Å²) in [5, 5.41) is 3.27. The van der Waals surface area contributed by atoms with Gasteiger partial charge in [0.15, 0.2) is 11.6 Å². The minimum atomic E-state index is -0.832. The predicted octanol–water partition coefficient (Wildman–Crippen LogP) is 3.37. The summed E-state index contributed by atoms with van der Waals surface area (Å²) in [4.78, 5) is 4.24. The van der Waals surface area contributed by atoms with Crippen LogP contribution in [0.3, 0.4) is 0 Å². The van der Waals surface area contributed by atoms with Crippen LogP contribution in [0.4, 0.5) is 8.78 Å². The lowest BCUT2D eigenvalue weighted by molar-refractivity contribution is 0.503. The van der Waals surface area contributed by atoms with Crippen molar-refractivity contribution in [2.45, 2.75) is 19.9 Å². The molecule has 0 bridgehead atoms. The van der Waals surface area contributed by atoms with Gasteiger partial charge in [-0.05, 0) is 42.8 Å². The SMILES string of the molecule is CCNC(c1ccc(F)c(F)c1)c1cccnc1C. The van der Waals surface area contributed by atoms with Crippen molar-refractivity contribution in [3.8, 4) is 0 Å². The number of pyridine rings is 1. The Morgan fingerprint density at radius 3 is 2.63 bits per heavy atom. The highest BCUT2D eigenvalue weighted by Gasteiger charge is 2.17. The first-order valence-electron chi connectivity index (χ1n) is 6.23. The van der Waals surface area contributed by atoms with Gasteiger partial charge in [0.1, 0.15) is 0 Å². The summed E-state index contributed by atoms with van der Waals surface area (Å²) in [6.07, 6.45) is 1.72. The fraction of sp³-hybridized carbons (Fsp3) is 0.267. The number of halogens is 2. The largest absolute Gasteiger partial charge is 0.306 e. The molecule has 1 aromatic carbocycles. The van der Waals surface area contributed by atoms with Crippen molar-refractivity contribution in [2.24, 2.45) is 0 Å². The van der Waals surface area contributed by atoms with Gasteiger partial charge in [-0.1, -0.05) is 19.1 Å². The minimum Gasteiger partial charge on any atom is -0.306 e. The van der Waals surface area contributed by atoms with E-state index in [1.165, 1.54) is 6.07 Å². The molecule has 1 N–H and O–H groups in total. The van der Waals surface area contributed by atoms with Crippen molar-refractivity contribution in [1.82, 2.24) is 10.3 Å². The van der Waals surface area contributed by atoms with E-state index in [1.54, 1.807) is 12.3 Å². The molecule has 2 aromatic rings. The molecule has 0 aliphatic rings. The van der Waals surface area contributed by atoms with Crippen LogP contribution in [0.1, 0.15) is 29.8 Å². The molecule has 19 heavy (non-hydrogen) atoms. The Hall–Kier alpha value is -1.81. The van der Waals surface area contributed by atoms with E-state index < -0.39 is 11.6 Å². The molecule has 0 spiro atoms. The van der Waals surface area contributed by atoms with E-state index in [2.05, 4.69) is 10.3 Å². The summed E-state index contributed by atoms with van der Waals surface area (Å²) in [5.41, 5.74) is 2.53. The molecule has 4 heteroatoms. The number of aromatic nitrogens is 1. The number of hydrogen-bond donors (Lipinski definition) is 1. The minimum absolute atomic E-state index is 0.186. The molecule has 2 rings (SSSR count). The fourth-order valence-corrected chi connectivity index (χ4v) is 2.11. The van der Waals surface area contributed by atoms with Gasteiger partial charge in [-0.2, -0.15) is 0 Å². The molecule has 0 aliphatic carbocycles. The first kappa shape index (κ1) is 13.6. The summed E-state index contributed by atoms with van der Waals surface area (Å²) in [6, 6.07) is 7.58. The predicted molar refractivity (Wildman–Crippen MR) is 70.9 cm³/mol. The number of benzene rings is 1. The molecule has 0 radical (unpaired) electrons. The Morgan fingerprint density at radius 1 is 1.21 bits per heavy atom. The highest BCUT2D eigenvalue weighted by Crippen LogP contribution is 2.25. The van der Waals surface area contributed by atoms with Crippen LogP contribution < -0.4 is 5.32 Å². The molecule has 1 atom stereocenters. The van der Waals surface area contributed by atoms with Crippen LogP contribution in [-0.4, -0.2) is 11.5 Å². The monoisotopic (exact) mass is 262 g/mol. The van der Waals surface area contributed by atoms with Crippen LogP contribution in [0.5, 0.6) is 0 Å². The Bertz CT molecular complexity index is 570. The van der Waals surface area contributed by atoms with Crippen LogP contribution in [0.2, 0.25) is 0 Å². The first-order chi connectivity index (χ1) is 9.13. The van der Waals surface area contributed by atoms with Gasteiger partial charge >= 0.3 is 0 Å². The number of nitrogens with zero attached hydrogens (tertiary/aromatic N) is 1. The van der Waals surface area contributed by atoms with Crippen molar-refractivity contribution in [2.75, 3.05) is 6.54 Å². The molecular formula is C15H16F2N2. The average molecular weight is 262 g/mol. The maximum Gasteiger partial charge on any atom is 0.159 e. The third-order valence-corrected chi connectivity index (χ3v) is 3.04. The third-order valence-electron chi connectivity index (χ3n) is 3.04. The summed E-state index contributed by atoms with van der Waals surface area (Å²) >= 11 is 0. The molecule has 100 valence electrons. The highest BCUT2D eigenvalue weighted by atomic mass is 19.2. The standard InChI is InChI=1S/C15H16F2N2/c1-3-18-15(12-5-4-8-19-10(12)2)11-6-7-13(16)14(17)9-11/h4-9,15,18H,3H2,1-2H3. The number of aryl methyl sites for hydroxylation is 1. The van der Waals surface area contributed by atoms with E-state index >= 15 is 0 Å². The summed E-state index contributed by atoms with van der Waals surface area (Å²) in [7, 11) is 0. The van der Waals surface area contributed by atoms with Gasteiger partial charge in [0.25, 0.3) is 0 Å². The van der Waals surface area contributed by atoms with E-state index in [4.69, 9.17) is 0 Å². The molecule has 1 aromatic heterocycles. The molecule has 0 saturated carbocycles. The smallest absolute Gasteiger partial charge is 0.159 e. The molecule has 1 unspecified atom stereocenters. The molecule has 0 aliphatic heterocycles. The lowest BCUT2D eigenvalue weighted by Gasteiger charge is -2.20. The second-order valence-electron chi connectivity index (χ2n) is 4.34. The quantitative estimate of drug-likeness (QED) is 0.913. The topological polar surface area (TPSA) is 24.9 Å². The Balaban J connectivity index is 2.45. The summed E-state index contributed by atoms with van der Waals surface area (Å²) < 4.78 is 26.4. The van der Waals surface area contributed by atoms with Gasteiger partial charge < -0.3 is 5.32 Å². The van der Waals surface area contributed by atoms with Crippen LogP contribution >= 0.6 is 0 Å². The normalized spacial score (nSPS) is 12.4. The van der Waals surface area contributed by atoms with E-state index in [0.29, 0.717) is 5.56 Å². The van der Waals surface area contributed by atoms with Gasteiger partial charge in [-0.3, -0.25) is 4.98 Å². The van der Waals surface area contributed by atoms with Crippen molar-refractivity contribution in [3.63, 3.8) is 0 Å². The van der Waals surface area contributed by atoms with Gasteiger partial charge in [0.05, 0.1) is 6.04 Å². The van der Waals surface area contributed by atoms with Gasteiger partial charge in [-0.15, -0.1) is 0 Å². The maximum absolute atomic E-state index is 13.4. The van der Waals surface area contributed by atoms with Gasteiger partial charge in [0.2, 0.25) is 0 Å².